The lowest BCUT2D eigenvalue weighted by molar-refractivity contribution is 0.0932. The molecule has 7 nitrogen and oxygen atoms in total. The largest absolute Gasteiger partial charge is 0.497 e. The van der Waals surface area contributed by atoms with Crippen molar-refractivity contribution in [2.24, 2.45) is 5.92 Å². The maximum Gasteiger partial charge on any atom is 0.252 e. The number of hydrogen-bond acceptors (Lipinski definition) is 4. The standard InChI is InChI=1S/C22H23Cl3N4O3S/c1-32-16-7-5-14(6-8-16)19(31)26-20(22(23,24)25)27-21(33)28-10-13-9-15(12-28)17-3-2-4-18(30)29(17)11-13/h2-8,13,15,20H,9-12H2,1H3,(H,26,31)(H,27,33)/t13-,15+,20-/m0/s1. The van der Waals surface area contributed by atoms with E-state index in [2.05, 4.69) is 10.6 Å². The summed E-state index contributed by atoms with van der Waals surface area (Å²) in [5.41, 5.74) is 1.42. The number of likely N-dealkylation sites (tertiary alicyclic amines) is 1. The number of rotatable bonds is 4. The highest BCUT2D eigenvalue weighted by atomic mass is 35.6. The third kappa shape index (κ3) is 5.40. The van der Waals surface area contributed by atoms with Crippen LogP contribution in [-0.4, -0.2) is 50.6 Å². The molecule has 1 aromatic carbocycles. The van der Waals surface area contributed by atoms with Gasteiger partial charge < -0.3 is 24.8 Å². The Morgan fingerprint density at radius 3 is 2.52 bits per heavy atom. The number of nitrogens with one attached hydrogen (secondary N) is 2. The zero-order valence-electron chi connectivity index (χ0n) is 17.8. The fraction of sp³-hybridized carbons (Fsp3) is 0.409. The van der Waals surface area contributed by atoms with Gasteiger partial charge in [-0.3, -0.25) is 9.59 Å². The molecule has 0 radical (unpaired) electrons. The molecule has 1 amide bonds. The van der Waals surface area contributed by atoms with E-state index in [1.807, 2.05) is 15.5 Å². The van der Waals surface area contributed by atoms with Gasteiger partial charge in [-0.1, -0.05) is 40.9 Å². The van der Waals surface area contributed by atoms with Crippen LogP contribution in [-0.2, 0) is 6.54 Å². The number of benzene rings is 1. The molecule has 0 spiro atoms. The molecular formula is C22H23Cl3N4O3S. The van der Waals surface area contributed by atoms with Gasteiger partial charge in [-0.2, -0.15) is 0 Å². The number of carbonyl (C=O) groups is 1. The van der Waals surface area contributed by atoms with E-state index in [4.69, 9.17) is 51.8 Å². The Morgan fingerprint density at radius 2 is 1.85 bits per heavy atom. The van der Waals surface area contributed by atoms with Crippen LogP contribution in [0.15, 0.2) is 47.3 Å². The van der Waals surface area contributed by atoms with E-state index in [-0.39, 0.29) is 17.4 Å². The van der Waals surface area contributed by atoms with Crippen molar-refractivity contribution in [3.05, 3.63) is 64.1 Å². The third-order valence-electron chi connectivity index (χ3n) is 5.99. The number of amides is 1. The van der Waals surface area contributed by atoms with Crippen molar-refractivity contribution in [3.8, 4) is 5.75 Å². The summed E-state index contributed by atoms with van der Waals surface area (Å²) in [4.78, 5) is 27.0. The van der Waals surface area contributed by atoms with Gasteiger partial charge >= 0.3 is 0 Å². The number of piperidine rings is 1. The zero-order chi connectivity index (χ0) is 23.8. The lowest BCUT2D eigenvalue weighted by Gasteiger charge is -2.44. The molecule has 2 aromatic rings. The molecule has 2 aliphatic heterocycles. The number of methoxy groups -OCH3 is 1. The first-order valence-corrected chi connectivity index (χ1v) is 12.0. The minimum atomic E-state index is -1.85. The summed E-state index contributed by atoms with van der Waals surface area (Å²) in [5, 5.41) is 6.10. The Kier molecular flexibility index (Phi) is 7.09. The van der Waals surface area contributed by atoms with E-state index in [9.17, 15) is 9.59 Å². The Labute approximate surface area is 211 Å². The first-order valence-electron chi connectivity index (χ1n) is 10.4. The van der Waals surface area contributed by atoms with E-state index in [0.29, 0.717) is 36.1 Å². The van der Waals surface area contributed by atoms with Gasteiger partial charge in [0, 0.05) is 42.9 Å². The highest BCUT2D eigenvalue weighted by Gasteiger charge is 2.39. The van der Waals surface area contributed by atoms with Crippen LogP contribution in [0.2, 0.25) is 0 Å². The van der Waals surface area contributed by atoms with Gasteiger partial charge in [0.05, 0.1) is 7.11 Å². The van der Waals surface area contributed by atoms with Gasteiger partial charge in [-0.05, 0) is 54.9 Å². The van der Waals surface area contributed by atoms with Gasteiger partial charge in [0.15, 0.2) is 5.11 Å². The van der Waals surface area contributed by atoms with Crippen molar-refractivity contribution in [1.29, 1.82) is 0 Å². The topological polar surface area (TPSA) is 75.6 Å². The number of pyridine rings is 1. The predicted molar refractivity (Wildman–Crippen MR) is 133 cm³/mol. The van der Waals surface area contributed by atoms with Gasteiger partial charge in [0.2, 0.25) is 3.79 Å². The first-order chi connectivity index (χ1) is 15.7. The summed E-state index contributed by atoms with van der Waals surface area (Å²) >= 11 is 24.1. The van der Waals surface area contributed by atoms with Crippen molar-refractivity contribution >= 4 is 58.0 Å². The second-order valence-corrected chi connectivity index (χ2v) is 11.0. The molecule has 1 fully saturated rings. The van der Waals surface area contributed by atoms with Crippen molar-refractivity contribution in [3.63, 3.8) is 0 Å². The van der Waals surface area contributed by atoms with Crippen molar-refractivity contribution in [2.75, 3.05) is 20.2 Å². The molecule has 0 saturated carbocycles. The maximum absolute atomic E-state index is 12.7. The highest BCUT2D eigenvalue weighted by Crippen LogP contribution is 2.35. The van der Waals surface area contributed by atoms with Gasteiger partial charge in [0.25, 0.3) is 11.5 Å². The Balaban J connectivity index is 1.45. The van der Waals surface area contributed by atoms with Crippen LogP contribution >= 0.6 is 47.0 Å². The molecule has 0 unspecified atom stereocenters. The van der Waals surface area contributed by atoms with Crippen molar-refractivity contribution in [1.82, 2.24) is 20.1 Å². The fourth-order valence-electron chi connectivity index (χ4n) is 4.43. The number of halogens is 3. The van der Waals surface area contributed by atoms with Crippen LogP contribution in [0.3, 0.4) is 0 Å². The number of nitrogens with zero attached hydrogens (tertiary/aromatic N) is 2. The number of carbonyl (C=O) groups excluding carboxylic acids is 1. The van der Waals surface area contributed by atoms with E-state index in [1.165, 1.54) is 0 Å². The minimum absolute atomic E-state index is 0.0221. The summed E-state index contributed by atoms with van der Waals surface area (Å²) in [5.74, 6) is 0.652. The number of aromatic nitrogens is 1. The van der Waals surface area contributed by atoms with Gasteiger partial charge in [-0.25, -0.2) is 0 Å². The summed E-state index contributed by atoms with van der Waals surface area (Å²) in [6.07, 6.45) is -0.0636. The van der Waals surface area contributed by atoms with Crippen LogP contribution in [0.4, 0.5) is 0 Å². The number of ether oxygens (including phenoxy) is 1. The van der Waals surface area contributed by atoms with Crippen LogP contribution in [0, 0.1) is 5.92 Å². The maximum atomic E-state index is 12.7. The molecule has 2 bridgehead atoms. The van der Waals surface area contributed by atoms with E-state index in [1.54, 1.807) is 43.5 Å². The van der Waals surface area contributed by atoms with Crippen LogP contribution in [0.25, 0.3) is 0 Å². The van der Waals surface area contributed by atoms with Crippen molar-refractivity contribution < 1.29 is 9.53 Å². The number of fused-ring (bicyclic) bond motifs is 4. The third-order valence-corrected chi connectivity index (χ3v) is 7.02. The van der Waals surface area contributed by atoms with Crippen LogP contribution in [0.5, 0.6) is 5.75 Å². The monoisotopic (exact) mass is 528 g/mol. The molecule has 11 heteroatoms. The normalized spacial score (nSPS) is 20.4. The number of thiocarbonyl (C=S) groups is 1. The van der Waals surface area contributed by atoms with Crippen LogP contribution in [0.1, 0.15) is 28.4 Å². The summed E-state index contributed by atoms with van der Waals surface area (Å²) in [6, 6.07) is 11.9. The molecule has 4 rings (SSSR count). The summed E-state index contributed by atoms with van der Waals surface area (Å²) < 4.78 is 5.12. The van der Waals surface area contributed by atoms with E-state index in [0.717, 1.165) is 12.1 Å². The molecule has 1 aromatic heterocycles. The Bertz CT molecular complexity index is 1100. The van der Waals surface area contributed by atoms with E-state index < -0.39 is 15.9 Å². The predicted octanol–water partition coefficient (Wildman–Crippen LogP) is 3.28. The quantitative estimate of drug-likeness (QED) is 0.360. The van der Waals surface area contributed by atoms with E-state index >= 15 is 0 Å². The van der Waals surface area contributed by atoms with Crippen molar-refractivity contribution in [2.45, 2.75) is 28.8 Å². The zero-order valence-corrected chi connectivity index (χ0v) is 20.8. The molecule has 176 valence electrons. The molecular weight excluding hydrogens is 507 g/mol. The number of hydrogen-bond donors (Lipinski definition) is 2. The molecule has 3 atom stereocenters. The highest BCUT2D eigenvalue weighted by molar-refractivity contribution is 7.80. The lowest BCUT2D eigenvalue weighted by Crippen LogP contribution is -2.60. The first kappa shape index (κ1) is 24.1. The number of alkyl halides is 3. The average Bonchev–Trinajstić information content (AvgIpc) is 2.78. The fourth-order valence-corrected chi connectivity index (χ4v) is 5.03. The minimum Gasteiger partial charge on any atom is -0.497 e. The molecule has 2 aliphatic rings. The Morgan fingerprint density at radius 1 is 1.12 bits per heavy atom. The van der Waals surface area contributed by atoms with Gasteiger partial charge in [0.1, 0.15) is 11.9 Å². The average molecular weight is 530 g/mol. The molecule has 2 N–H and O–H groups in total. The second kappa shape index (κ2) is 9.70. The lowest BCUT2D eigenvalue weighted by atomic mass is 9.83. The molecule has 1 saturated heterocycles. The SMILES string of the molecule is COc1ccc(C(=O)N[C@@H](NC(=S)N2C[C@@H]3C[C@H](C2)c2cccc(=O)n2C3)C(Cl)(Cl)Cl)cc1. The smallest absolute Gasteiger partial charge is 0.252 e. The van der Waals surface area contributed by atoms with Gasteiger partial charge in [-0.15, -0.1) is 0 Å². The molecule has 3 heterocycles. The molecule has 33 heavy (non-hydrogen) atoms. The Hall–Kier alpha value is -2.00. The second-order valence-electron chi connectivity index (χ2n) is 8.23. The molecule has 0 aliphatic carbocycles. The summed E-state index contributed by atoms with van der Waals surface area (Å²) in [7, 11) is 1.55. The summed E-state index contributed by atoms with van der Waals surface area (Å²) in [6.45, 7) is 1.94. The van der Waals surface area contributed by atoms with Crippen LogP contribution < -0.4 is 20.9 Å².